The van der Waals surface area contributed by atoms with Crippen molar-refractivity contribution in [2.24, 2.45) is 0 Å². The van der Waals surface area contributed by atoms with Gasteiger partial charge in [-0.2, -0.15) is 5.26 Å². The molecular weight excluding hydrogens is 416 g/mol. The summed E-state index contributed by atoms with van der Waals surface area (Å²) in [5, 5.41) is 16.9. The number of rotatable bonds is 7. The Morgan fingerprint density at radius 3 is 2.71 bits per heavy atom. The van der Waals surface area contributed by atoms with E-state index in [4.69, 9.17) is 19.2 Å². The van der Waals surface area contributed by atoms with E-state index < -0.39 is 11.4 Å². The van der Waals surface area contributed by atoms with Crippen LogP contribution in [0.4, 0.5) is 5.69 Å². The predicted molar refractivity (Wildman–Crippen MR) is 114 cm³/mol. The van der Waals surface area contributed by atoms with Gasteiger partial charge in [0.1, 0.15) is 6.61 Å². The first-order valence-corrected chi connectivity index (χ1v) is 10.7. The molecule has 0 fully saturated rings. The zero-order chi connectivity index (χ0) is 21.6. The molecule has 31 heavy (non-hydrogen) atoms. The van der Waals surface area contributed by atoms with Crippen molar-refractivity contribution in [2.75, 3.05) is 18.1 Å². The normalized spacial score (nSPS) is 15.7. The minimum atomic E-state index is -0.515. The Morgan fingerprint density at radius 1 is 1.19 bits per heavy atom. The summed E-state index contributed by atoms with van der Waals surface area (Å²) in [4.78, 5) is 14.7. The molecule has 0 saturated carbocycles. The quantitative estimate of drug-likeness (QED) is 0.512. The lowest BCUT2D eigenvalue weighted by molar-refractivity contribution is -0.117. The maximum atomic E-state index is 13.1. The average molecular weight is 436 g/mol. The van der Waals surface area contributed by atoms with Crippen molar-refractivity contribution >= 4 is 23.4 Å². The van der Waals surface area contributed by atoms with Crippen LogP contribution in [0.5, 0.6) is 11.5 Å². The van der Waals surface area contributed by atoms with Crippen molar-refractivity contribution in [3.05, 3.63) is 60.5 Å². The number of anilines is 1. The van der Waals surface area contributed by atoms with E-state index in [0.717, 1.165) is 5.69 Å². The van der Waals surface area contributed by atoms with Gasteiger partial charge in [0, 0.05) is 12.2 Å². The van der Waals surface area contributed by atoms with Crippen LogP contribution in [0.2, 0.25) is 0 Å². The molecular formula is C22H20N4O4S. The summed E-state index contributed by atoms with van der Waals surface area (Å²) >= 11 is 1.17. The van der Waals surface area contributed by atoms with E-state index in [1.165, 1.54) is 11.8 Å². The Bertz CT molecular complexity index is 1080. The average Bonchev–Trinajstić information content (AvgIpc) is 3.28. The lowest BCUT2D eigenvalue weighted by atomic mass is 10.2. The number of carbonyl (C=O) groups is 1. The number of fused-ring (bicyclic) bond motifs is 1. The van der Waals surface area contributed by atoms with E-state index in [-0.39, 0.29) is 24.2 Å². The second-order valence-corrected chi connectivity index (χ2v) is 8.06. The van der Waals surface area contributed by atoms with E-state index >= 15 is 0 Å². The monoisotopic (exact) mass is 436 g/mol. The third-order valence-corrected chi connectivity index (χ3v) is 5.53. The molecule has 1 aliphatic heterocycles. The smallest absolute Gasteiger partial charge is 0.277 e. The molecule has 4 rings (SSSR count). The SMILES string of the molecule is CC(Sc1nnc(C2COc3ccccc3O2)o1)C(=O)N(CCC#N)c1ccccc1. The predicted octanol–water partition coefficient (Wildman–Crippen LogP) is 4.01. The molecule has 0 spiro atoms. The molecule has 0 bridgehead atoms. The molecule has 0 N–H and O–H groups in total. The number of aromatic nitrogens is 2. The van der Waals surface area contributed by atoms with Crippen LogP contribution in [0.15, 0.2) is 64.2 Å². The van der Waals surface area contributed by atoms with Gasteiger partial charge in [0.25, 0.3) is 11.1 Å². The topological polar surface area (TPSA) is 101 Å². The summed E-state index contributed by atoms with van der Waals surface area (Å²) in [5.41, 5.74) is 0.743. The second-order valence-electron chi connectivity index (χ2n) is 6.76. The van der Waals surface area contributed by atoms with Crippen LogP contribution in [-0.4, -0.2) is 34.5 Å². The molecule has 3 aromatic rings. The number of thioether (sulfide) groups is 1. The molecule has 158 valence electrons. The van der Waals surface area contributed by atoms with Crippen LogP contribution in [0.25, 0.3) is 0 Å². The van der Waals surface area contributed by atoms with Gasteiger partial charge in [-0.05, 0) is 31.2 Å². The van der Waals surface area contributed by atoms with Crippen LogP contribution in [-0.2, 0) is 4.79 Å². The molecule has 1 amide bonds. The minimum absolute atomic E-state index is 0.141. The third kappa shape index (κ3) is 4.81. The molecule has 0 aliphatic carbocycles. The molecule has 1 aromatic heterocycles. The fraction of sp³-hybridized carbons (Fsp3) is 0.273. The number of hydrogen-bond donors (Lipinski definition) is 0. The highest BCUT2D eigenvalue weighted by atomic mass is 32.2. The first-order chi connectivity index (χ1) is 15.2. The number of ether oxygens (including phenoxy) is 2. The molecule has 9 heteroatoms. The van der Waals surface area contributed by atoms with E-state index in [1.54, 1.807) is 11.8 Å². The molecule has 2 heterocycles. The standard InChI is InChI=1S/C22H20N4O4S/c1-15(21(27)26(13-7-12-23)16-8-3-2-4-9-16)31-22-25-24-20(30-22)19-14-28-17-10-5-6-11-18(17)29-19/h2-6,8-11,15,19H,7,13-14H2,1H3. The number of amides is 1. The van der Waals surface area contributed by atoms with Crippen LogP contribution >= 0.6 is 11.8 Å². The van der Waals surface area contributed by atoms with Crippen molar-refractivity contribution in [3.63, 3.8) is 0 Å². The van der Waals surface area contributed by atoms with E-state index in [9.17, 15) is 4.79 Å². The van der Waals surface area contributed by atoms with Crippen molar-refractivity contribution in [1.29, 1.82) is 5.26 Å². The second kappa shape index (κ2) is 9.53. The number of nitrogens with zero attached hydrogens (tertiary/aromatic N) is 4. The van der Waals surface area contributed by atoms with Crippen LogP contribution in [0.3, 0.4) is 0 Å². The number of para-hydroxylation sites is 3. The molecule has 8 nitrogen and oxygen atoms in total. The Kier molecular flexibility index (Phi) is 6.38. The summed E-state index contributed by atoms with van der Waals surface area (Å²) in [7, 11) is 0. The van der Waals surface area contributed by atoms with Crippen LogP contribution in [0, 0.1) is 11.3 Å². The lowest BCUT2D eigenvalue weighted by Gasteiger charge is -2.24. The van der Waals surface area contributed by atoms with Gasteiger partial charge in [0.05, 0.1) is 17.7 Å². The summed E-state index contributed by atoms with van der Waals surface area (Å²) < 4.78 is 17.3. The molecule has 1 aliphatic rings. The zero-order valence-corrected chi connectivity index (χ0v) is 17.6. The summed E-state index contributed by atoms with van der Waals surface area (Å²) in [6.07, 6.45) is -0.275. The Balaban J connectivity index is 1.43. The van der Waals surface area contributed by atoms with Gasteiger partial charge in [-0.15, -0.1) is 10.2 Å². The van der Waals surface area contributed by atoms with E-state index in [0.29, 0.717) is 23.9 Å². The number of nitriles is 1. The maximum absolute atomic E-state index is 13.1. The number of carbonyl (C=O) groups excluding carboxylic acids is 1. The molecule has 0 saturated heterocycles. The molecule has 0 radical (unpaired) electrons. The summed E-state index contributed by atoms with van der Waals surface area (Å²) in [6.45, 7) is 2.34. The van der Waals surface area contributed by atoms with Crippen molar-refractivity contribution in [1.82, 2.24) is 10.2 Å². The van der Waals surface area contributed by atoms with Gasteiger partial charge in [-0.1, -0.05) is 42.1 Å². The first-order valence-electron chi connectivity index (χ1n) is 9.77. The van der Waals surface area contributed by atoms with Gasteiger partial charge >= 0.3 is 0 Å². The Labute approximate surface area is 183 Å². The highest BCUT2D eigenvalue weighted by molar-refractivity contribution is 8.00. The van der Waals surface area contributed by atoms with Gasteiger partial charge < -0.3 is 18.8 Å². The van der Waals surface area contributed by atoms with E-state index in [1.807, 2.05) is 54.6 Å². The van der Waals surface area contributed by atoms with Gasteiger partial charge in [0.2, 0.25) is 12.0 Å². The van der Waals surface area contributed by atoms with Crippen LogP contribution in [0.1, 0.15) is 25.3 Å². The molecule has 2 atom stereocenters. The highest BCUT2D eigenvalue weighted by Gasteiger charge is 2.29. The minimum Gasteiger partial charge on any atom is -0.485 e. The Hall–Kier alpha value is -3.51. The number of benzene rings is 2. The molecule has 2 aromatic carbocycles. The zero-order valence-electron chi connectivity index (χ0n) is 16.8. The fourth-order valence-electron chi connectivity index (χ4n) is 3.10. The van der Waals surface area contributed by atoms with Gasteiger partial charge in [0.15, 0.2) is 11.5 Å². The first kappa shape index (κ1) is 20.8. The van der Waals surface area contributed by atoms with Gasteiger partial charge in [-0.3, -0.25) is 4.79 Å². The van der Waals surface area contributed by atoms with Crippen molar-refractivity contribution < 1.29 is 18.7 Å². The molecule has 2 unspecified atom stereocenters. The lowest BCUT2D eigenvalue weighted by Crippen LogP contribution is -2.37. The third-order valence-electron chi connectivity index (χ3n) is 4.61. The van der Waals surface area contributed by atoms with Gasteiger partial charge in [-0.25, -0.2) is 0 Å². The van der Waals surface area contributed by atoms with Crippen molar-refractivity contribution in [2.45, 2.75) is 29.9 Å². The van der Waals surface area contributed by atoms with E-state index in [2.05, 4.69) is 16.3 Å². The summed E-state index contributed by atoms with van der Waals surface area (Å²) in [6, 6.07) is 18.7. The van der Waals surface area contributed by atoms with Crippen LogP contribution < -0.4 is 14.4 Å². The maximum Gasteiger partial charge on any atom is 0.277 e. The largest absolute Gasteiger partial charge is 0.485 e. The number of hydrogen-bond acceptors (Lipinski definition) is 8. The Morgan fingerprint density at radius 2 is 1.94 bits per heavy atom. The highest BCUT2D eigenvalue weighted by Crippen LogP contribution is 2.36. The summed E-state index contributed by atoms with van der Waals surface area (Å²) in [5.74, 6) is 1.44. The fourth-order valence-corrected chi connectivity index (χ4v) is 3.85. The van der Waals surface area contributed by atoms with Crippen molar-refractivity contribution in [3.8, 4) is 17.6 Å².